The zero-order valence-electron chi connectivity index (χ0n) is 9.17. The molecular formula is C10H21N3. The topological polar surface area (TPSA) is 39.1 Å². The van der Waals surface area contributed by atoms with Crippen LogP contribution in [0.25, 0.3) is 0 Å². The molecule has 0 fully saturated rings. The Morgan fingerprint density at radius 2 is 2.00 bits per heavy atom. The first-order chi connectivity index (χ1) is 6.06. The molecule has 1 N–H and O–H groups in total. The SMILES string of the molecule is CC(C#N)CNC(C)CCN(C)C. The summed E-state index contributed by atoms with van der Waals surface area (Å²) in [5.74, 6) is 0.113. The number of nitrogens with zero attached hydrogens (tertiary/aromatic N) is 2. The van der Waals surface area contributed by atoms with Gasteiger partial charge in [-0.05, 0) is 40.9 Å². The maximum atomic E-state index is 8.57. The van der Waals surface area contributed by atoms with Gasteiger partial charge in [0.2, 0.25) is 0 Å². The van der Waals surface area contributed by atoms with Crippen molar-refractivity contribution < 1.29 is 0 Å². The quantitative estimate of drug-likeness (QED) is 0.669. The predicted molar refractivity (Wildman–Crippen MR) is 55.4 cm³/mol. The van der Waals surface area contributed by atoms with E-state index in [9.17, 15) is 0 Å². The lowest BCUT2D eigenvalue weighted by Gasteiger charge is -2.17. The van der Waals surface area contributed by atoms with Crippen LogP contribution in [0.1, 0.15) is 20.3 Å². The molecule has 3 nitrogen and oxygen atoms in total. The average Bonchev–Trinajstić information content (AvgIpc) is 2.10. The van der Waals surface area contributed by atoms with Gasteiger partial charge in [-0.3, -0.25) is 0 Å². The Morgan fingerprint density at radius 1 is 1.38 bits per heavy atom. The first-order valence-corrected chi connectivity index (χ1v) is 4.84. The van der Waals surface area contributed by atoms with Crippen LogP contribution in [-0.2, 0) is 0 Å². The minimum absolute atomic E-state index is 0.113. The standard InChI is InChI=1S/C10H21N3/c1-9(7-11)8-12-10(2)5-6-13(3)4/h9-10,12H,5-6,8H2,1-4H3. The van der Waals surface area contributed by atoms with Crippen LogP contribution >= 0.6 is 0 Å². The molecule has 0 aliphatic carbocycles. The van der Waals surface area contributed by atoms with Gasteiger partial charge in [0.25, 0.3) is 0 Å². The molecule has 3 heteroatoms. The monoisotopic (exact) mass is 183 g/mol. The van der Waals surface area contributed by atoms with Gasteiger partial charge in [-0.1, -0.05) is 0 Å². The van der Waals surface area contributed by atoms with Crippen molar-refractivity contribution in [3.8, 4) is 6.07 Å². The Kier molecular flexibility index (Phi) is 6.56. The van der Waals surface area contributed by atoms with E-state index in [0.717, 1.165) is 19.5 Å². The van der Waals surface area contributed by atoms with E-state index in [2.05, 4.69) is 37.3 Å². The molecule has 0 rings (SSSR count). The van der Waals surface area contributed by atoms with Crippen LogP contribution in [0.5, 0.6) is 0 Å². The van der Waals surface area contributed by atoms with Crippen LogP contribution < -0.4 is 5.32 Å². The highest BCUT2D eigenvalue weighted by atomic mass is 15.1. The van der Waals surface area contributed by atoms with Crippen molar-refractivity contribution in [2.45, 2.75) is 26.3 Å². The lowest BCUT2D eigenvalue weighted by Crippen LogP contribution is -2.32. The summed E-state index contributed by atoms with van der Waals surface area (Å²) in [5, 5.41) is 11.9. The summed E-state index contributed by atoms with van der Waals surface area (Å²) in [6.45, 7) is 5.99. The molecule has 0 saturated heterocycles. The average molecular weight is 183 g/mol. The molecule has 0 aliphatic rings. The molecule has 2 atom stereocenters. The summed E-state index contributed by atoms with van der Waals surface area (Å²) >= 11 is 0. The summed E-state index contributed by atoms with van der Waals surface area (Å²) in [6, 6.07) is 2.71. The van der Waals surface area contributed by atoms with Crippen molar-refractivity contribution in [3.63, 3.8) is 0 Å². The summed E-state index contributed by atoms with van der Waals surface area (Å²) in [5.41, 5.74) is 0. The zero-order valence-corrected chi connectivity index (χ0v) is 9.17. The van der Waals surface area contributed by atoms with Crippen molar-refractivity contribution in [2.75, 3.05) is 27.2 Å². The van der Waals surface area contributed by atoms with Gasteiger partial charge in [0.05, 0.1) is 12.0 Å². The second-order valence-electron chi connectivity index (χ2n) is 3.93. The van der Waals surface area contributed by atoms with Crippen LogP contribution in [0.3, 0.4) is 0 Å². The molecule has 76 valence electrons. The molecule has 2 unspecified atom stereocenters. The fourth-order valence-corrected chi connectivity index (χ4v) is 0.978. The minimum atomic E-state index is 0.113. The van der Waals surface area contributed by atoms with Crippen molar-refractivity contribution in [3.05, 3.63) is 0 Å². The molecular weight excluding hydrogens is 162 g/mol. The van der Waals surface area contributed by atoms with Gasteiger partial charge in [0.15, 0.2) is 0 Å². The molecule has 0 radical (unpaired) electrons. The lowest BCUT2D eigenvalue weighted by atomic mass is 10.1. The van der Waals surface area contributed by atoms with Gasteiger partial charge >= 0.3 is 0 Å². The fourth-order valence-electron chi connectivity index (χ4n) is 0.978. The maximum absolute atomic E-state index is 8.57. The number of nitriles is 1. The summed E-state index contributed by atoms with van der Waals surface area (Å²) < 4.78 is 0. The lowest BCUT2D eigenvalue weighted by molar-refractivity contribution is 0.363. The van der Waals surface area contributed by atoms with E-state index in [1.807, 2.05) is 6.92 Å². The smallest absolute Gasteiger partial charge is 0.0666 e. The summed E-state index contributed by atoms with van der Waals surface area (Å²) in [4.78, 5) is 2.17. The highest BCUT2D eigenvalue weighted by Crippen LogP contribution is 1.94. The van der Waals surface area contributed by atoms with Gasteiger partial charge in [-0.25, -0.2) is 0 Å². The van der Waals surface area contributed by atoms with E-state index < -0.39 is 0 Å². The molecule has 0 aromatic heterocycles. The highest BCUT2D eigenvalue weighted by Gasteiger charge is 2.04. The minimum Gasteiger partial charge on any atom is -0.313 e. The van der Waals surface area contributed by atoms with E-state index in [4.69, 9.17) is 5.26 Å². The Morgan fingerprint density at radius 3 is 2.46 bits per heavy atom. The van der Waals surface area contributed by atoms with Gasteiger partial charge in [-0.15, -0.1) is 0 Å². The van der Waals surface area contributed by atoms with Gasteiger partial charge < -0.3 is 10.2 Å². The Bertz CT molecular complexity index is 160. The second-order valence-corrected chi connectivity index (χ2v) is 3.93. The number of hydrogen-bond donors (Lipinski definition) is 1. The maximum Gasteiger partial charge on any atom is 0.0666 e. The van der Waals surface area contributed by atoms with Crippen molar-refractivity contribution >= 4 is 0 Å². The van der Waals surface area contributed by atoms with E-state index in [0.29, 0.717) is 6.04 Å². The van der Waals surface area contributed by atoms with Gasteiger partial charge in [-0.2, -0.15) is 5.26 Å². The molecule has 0 saturated carbocycles. The Hall–Kier alpha value is -0.590. The predicted octanol–water partition coefficient (Wildman–Crippen LogP) is 1.08. The Balaban J connectivity index is 3.41. The normalized spacial score (nSPS) is 15.4. The molecule has 0 bridgehead atoms. The van der Waals surface area contributed by atoms with Crippen LogP contribution in [0, 0.1) is 17.2 Å². The van der Waals surface area contributed by atoms with Crippen molar-refractivity contribution in [1.29, 1.82) is 5.26 Å². The number of nitrogens with one attached hydrogen (secondary N) is 1. The Labute approximate surface area is 81.7 Å². The number of rotatable bonds is 6. The highest BCUT2D eigenvalue weighted by molar-refractivity contribution is 4.81. The van der Waals surface area contributed by atoms with Crippen LogP contribution in [0.4, 0.5) is 0 Å². The molecule has 0 aromatic carbocycles. The fraction of sp³-hybridized carbons (Fsp3) is 0.900. The molecule has 0 amide bonds. The van der Waals surface area contributed by atoms with Gasteiger partial charge in [0.1, 0.15) is 0 Å². The molecule has 0 heterocycles. The largest absolute Gasteiger partial charge is 0.313 e. The van der Waals surface area contributed by atoms with Crippen LogP contribution in [0.2, 0.25) is 0 Å². The molecule has 13 heavy (non-hydrogen) atoms. The second kappa shape index (κ2) is 6.88. The summed E-state index contributed by atoms with van der Waals surface area (Å²) in [6.07, 6.45) is 1.13. The van der Waals surface area contributed by atoms with Crippen molar-refractivity contribution in [1.82, 2.24) is 10.2 Å². The number of hydrogen-bond acceptors (Lipinski definition) is 3. The third kappa shape index (κ3) is 7.76. The third-order valence-electron chi connectivity index (χ3n) is 2.00. The van der Waals surface area contributed by atoms with E-state index in [1.165, 1.54) is 0 Å². The van der Waals surface area contributed by atoms with E-state index >= 15 is 0 Å². The van der Waals surface area contributed by atoms with Gasteiger partial charge in [0, 0.05) is 12.6 Å². The van der Waals surface area contributed by atoms with Crippen molar-refractivity contribution in [2.24, 2.45) is 5.92 Å². The first-order valence-electron chi connectivity index (χ1n) is 4.84. The molecule has 0 aromatic rings. The first kappa shape index (κ1) is 12.4. The zero-order chi connectivity index (χ0) is 10.3. The van der Waals surface area contributed by atoms with Crippen LogP contribution in [0.15, 0.2) is 0 Å². The van der Waals surface area contributed by atoms with Crippen LogP contribution in [-0.4, -0.2) is 38.1 Å². The summed E-state index contributed by atoms with van der Waals surface area (Å²) in [7, 11) is 4.15. The van der Waals surface area contributed by atoms with E-state index in [-0.39, 0.29) is 5.92 Å². The molecule has 0 aliphatic heterocycles. The molecule has 0 spiro atoms. The third-order valence-corrected chi connectivity index (χ3v) is 2.00. The van der Waals surface area contributed by atoms with E-state index in [1.54, 1.807) is 0 Å².